The van der Waals surface area contributed by atoms with Crippen molar-refractivity contribution in [3.8, 4) is 11.3 Å². The van der Waals surface area contributed by atoms with Crippen LogP contribution < -0.4 is 5.73 Å². The minimum atomic E-state index is -0.481. The lowest BCUT2D eigenvalue weighted by Gasteiger charge is -2.35. The van der Waals surface area contributed by atoms with Gasteiger partial charge in [0.25, 0.3) is 0 Å². The number of allylic oxidation sites excluding steroid dienone is 1. The van der Waals surface area contributed by atoms with Gasteiger partial charge in [-0.3, -0.25) is 14.6 Å². The molecular formula is C26H37N9O2. The molecule has 4 heterocycles. The topological polar surface area (TPSA) is 119 Å². The summed E-state index contributed by atoms with van der Waals surface area (Å²) in [6, 6.07) is 2.19. The normalized spacial score (nSPS) is 15.8. The van der Waals surface area contributed by atoms with Gasteiger partial charge in [0.2, 0.25) is 0 Å². The Morgan fingerprint density at radius 3 is 2.59 bits per heavy atom. The first-order valence-electron chi connectivity index (χ1n) is 12.7. The maximum atomic E-state index is 12.3. The number of aromatic nitrogens is 5. The van der Waals surface area contributed by atoms with E-state index in [-0.39, 0.29) is 12.1 Å². The Morgan fingerprint density at radius 2 is 1.95 bits per heavy atom. The molecule has 198 valence electrons. The van der Waals surface area contributed by atoms with Crippen molar-refractivity contribution in [3.05, 3.63) is 42.7 Å². The summed E-state index contributed by atoms with van der Waals surface area (Å²) >= 11 is 0. The van der Waals surface area contributed by atoms with E-state index in [0.717, 1.165) is 36.4 Å². The van der Waals surface area contributed by atoms with Gasteiger partial charge in [0.15, 0.2) is 0 Å². The maximum Gasteiger partial charge on any atom is 0.410 e. The molecule has 1 aliphatic rings. The summed E-state index contributed by atoms with van der Waals surface area (Å²) in [7, 11) is 0. The molecule has 3 aromatic heterocycles. The molecule has 0 spiro atoms. The molecule has 1 aliphatic heterocycles. The van der Waals surface area contributed by atoms with Crippen molar-refractivity contribution in [2.24, 2.45) is 10.7 Å². The number of hydrogen-bond donors (Lipinski definition) is 1. The van der Waals surface area contributed by atoms with Crippen LogP contribution >= 0.6 is 0 Å². The van der Waals surface area contributed by atoms with E-state index < -0.39 is 5.60 Å². The summed E-state index contributed by atoms with van der Waals surface area (Å²) in [5, 5.41) is 8.87. The second-order valence-corrected chi connectivity index (χ2v) is 10.4. The summed E-state index contributed by atoms with van der Waals surface area (Å²) < 4.78 is 9.18. The van der Waals surface area contributed by atoms with Crippen LogP contribution in [0.3, 0.4) is 0 Å². The minimum absolute atomic E-state index is 0.250. The molecular weight excluding hydrogens is 470 g/mol. The molecule has 37 heavy (non-hydrogen) atoms. The Hall–Kier alpha value is -3.73. The standard InChI is InChI=1S/C26H37N9O2/c1-19(2)34-17-21(16-30-34)24-23-6-7-29-35(23)18-22(31-24)20(14-27)15-28-8-9-32-10-12-33(13-11-32)25(36)37-26(3,4)5/h6-7,14-19H,8-13,27H2,1-5H3. The number of nitrogens with zero attached hydrogens (tertiary/aromatic N) is 8. The van der Waals surface area contributed by atoms with E-state index in [1.807, 2.05) is 50.1 Å². The second kappa shape index (κ2) is 11.1. The minimum Gasteiger partial charge on any atom is -0.444 e. The van der Waals surface area contributed by atoms with Crippen molar-refractivity contribution >= 4 is 23.4 Å². The Balaban J connectivity index is 1.38. The molecule has 0 aromatic carbocycles. The van der Waals surface area contributed by atoms with Gasteiger partial charge in [0, 0.05) is 68.5 Å². The molecule has 1 amide bonds. The lowest BCUT2D eigenvalue weighted by molar-refractivity contribution is 0.0148. The maximum absolute atomic E-state index is 12.3. The number of aliphatic imine (C=N–C) groups is 1. The number of carbonyl (C=O) groups excluding carboxylic acids is 1. The zero-order valence-electron chi connectivity index (χ0n) is 22.3. The molecule has 4 rings (SSSR count). The SMILES string of the molecule is CC(C)n1cc(-c2nc(C(C=NCCN3CCN(C(=O)OC(C)(C)C)CC3)=CN)cn3nccc23)cn1. The van der Waals surface area contributed by atoms with E-state index >= 15 is 0 Å². The first kappa shape index (κ1) is 26.3. The Labute approximate surface area is 217 Å². The lowest BCUT2D eigenvalue weighted by atomic mass is 10.2. The molecule has 0 atom stereocenters. The van der Waals surface area contributed by atoms with E-state index in [4.69, 9.17) is 15.5 Å². The first-order chi connectivity index (χ1) is 17.6. The molecule has 11 heteroatoms. The fraction of sp³-hybridized carbons (Fsp3) is 0.500. The zero-order chi connectivity index (χ0) is 26.6. The van der Waals surface area contributed by atoms with Gasteiger partial charge in [-0.25, -0.2) is 14.3 Å². The molecule has 0 saturated carbocycles. The summed E-state index contributed by atoms with van der Waals surface area (Å²) in [5.41, 5.74) is 9.48. The molecule has 2 N–H and O–H groups in total. The van der Waals surface area contributed by atoms with Crippen LogP contribution in [0.2, 0.25) is 0 Å². The molecule has 0 unspecified atom stereocenters. The molecule has 0 bridgehead atoms. The summed E-state index contributed by atoms with van der Waals surface area (Å²) in [5.74, 6) is 0. The van der Waals surface area contributed by atoms with Crippen molar-refractivity contribution in [1.29, 1.82) is 0 Å². The van der Waals surface area contributed by atoms with E-state index in [9.17, 15) is 4.79 Å². The number of ether oxygens (including phenoxy) is 1. The monoisotopic (exact) mass is 507 g/mol. The van der Waals surface area contributed by atoms with Gasteiger partial charge in [-0.1, -0.05) is 0 Å². The predicted octanol–water partition coefficient (Wildman–Crippen LogP) is 3.10. The number of rotatable bonds is 7. The summed E-state index contributed by atoms with van der Waals surface area (Å²) in [6.07, 6.45) is 10.4. The van der Waals surface area contributed by atoms with Crippen LogP contribution in [-0.4, -0.2) is 91.4 Å². The molecule has 0 radical (unpaired) electrons. The highest BCUT2D eigenvalue weighted by atomic mass is 16.6. The first-order valence-corrected chi connectivity index (χ1v) is 12.7. The number of piperazine rings is 1. The summed E-state index contributed by atoms with van der Waals surface area (Å²) in [6.45, 7) is 14.1. The van der Waals surface area contributed by atoms with E-state index in [1.165, 1.54) is 6.20 Å². The van der Waals surface area contributed by atoms with Crippen LogP contribution in [0.5, 0.6) is 0 Å². The Bertz CT molecular complexity index is 1270. The van der Waals surface area contributed by atoms with Gasteiger partial charge in [-0.05, 0) is 40.7 Å². The van der Waals surface area contributed by atoms with Crippen molar-refractivity contribution in [2.75, 3.05) is 39.3 Å². The number of nitrogens with two attached hydrogens (primary N) is 1. The molecule has 0 aliphatic carbocycles. The number of fused-ring (bicyclic) bond motifs is 1. The van der Waals surface area contributed by atoms with Crippen molar-refractivity contribution in [2.45, 2.75) is 46.3 Å². The van der Waals surface area contributed by atoms with Crippen LogP contribution in [0.4, 0.5) is 4.79 Å². The van der Waals surface area contributed by atoms with Crippen LogP contribution in [0.25, 0.3) is 22.3 Å². The number of amides is 1. The van der Waals surface area contributed by atoms with Crippen LogP contribution in [-0.2, 0) is 4.74 Å². The smallest absolute Gasteiger partial charge is 0.410 e. The second-order valence-electron chi connectivity index (χ2n) is 10.4. The predicted molar refractivity (Wildman–Crippen MR) is 144 cm³/mol. The van der Waals surface area contributed by atoms with Gasteiger partial charge in [0.05, 0.1) is 42.0 Å². The van der Waals surface area contributed by atoms with Crippen molar-refractivity contribution in [3.63, 3.8) is 0 Å². The molecule has 11 nitrogen and oxygen atoms in total. The molecule has 3 aromatic rings. The van der Waals surface area contributed by atoms with Gasteiger partial charge < -0.3 is 15.4 Å². The fourth-order valence-corrected chi connectivity index (χ4v) is 4.06. The molecule has 1 fully saturated rings. The Morgan fingerprint density at radius 1 is 1.19 bits per heavy atom. The van der Waals surface area contributed by atoms with Gasteiger partial charge in [-0.2, -0.15) is 10.2 Å². The quantitative estimate of drug-likeness (QED) is 0.488. The van der Waals surface area contributed by atoms with E-state index in [0.29, 0.717) is 30.9 Å². The Kier molecular flexibility index (Phi) is 7.91. The molecule has 1 saturated heterocycles. The average Bonchev–Trinajstić information content (AvgIpc) is 3.53. The highest BCUT2D eigenvalue weighted by Crippen LogP contribution is 2.25. The highest BCUT2D eigenvalue weighted by molar-refractivity contribution is 6.09. The van der Waals surface area contributed by atoms with Crippen LogP contribution in [0.1, 0.15) is 46.4 Å². The van der Waals surface area contributed by atoms with Gasteiger partial charge in [0.1, 0.15) is 5.60 Å². The van der Waals surface area contributed by atoms with Crippen molar-refractivity contribution in [1.82, 2.24) is 34.2 Å². The van der Waals surface area contributed by atoms with Crippen LogP contribution in [0, 0.1) is 0 Å². The average molecular weight is 508 g/mol. The van der Waals surface area contributed by atoms with Crippen molar-refractivity contribution < 1.29 is 9.53 Å². The zero-order valence-corrected chi connectivity index (χ0v) is 22.3. The highest BCUT2D eigenvalue weighted by Gasteiger charge is 2.25. The lowest BCUT2D eigenvalue weighted by Crippen LogP contribution is -2.50. The third-order valence-corrected chi connectivity index (χ3v) is 6.07. The van der Waals surface area contributed by atoms with Gasteiger partial charge in [-0.15, -0.1) is 0 Å². The third kappa shape index (κ3) is 6.53. The number of hydrogen-bond acceptors (Lipinski definition) is 8. The van der Waals surface area contributed by atoms with Crippen LogP contribution in [0.15, 0.2) is 42.0 Å². The third-order valence-electron chi connectivity index (χ3n) is 6.07. The summed E-state index contributed by atoms with van der Waals surface area (Å²) in [4.78, 5) is 25.8. The largest absolute Gasteiger partial charge is 0.444 e. The van der Waals surface area contributed by atoms with E-state index in [2.05, 4.69) is 33.9 Å². The van der Waals surface area contributed by atoms with Gasteiger partial charge >= 0.3 is 6.09 Å². The fourth-order valence-electron chi connectivity index (χ4n) is 4.06. The number of carbonyl (C=O) groups is 1. The van der Waals surface area contributed by atoms with E-state index in [1.54, 1.807) is 21.8 Å².